The standard InChI is InChI=1S/C22H24FN5O4/c23-16-3-1-15(2-4-16)13-25-21(30)19-20(29)22(31)28-14-17(5-6-18(28)26-19)24-7-8-27-9-11-32-12-10-27/h1-6,14,24,29H,7-13H2,(H,25,30). The first-order valence-corrected chi connectivity index (χ1v) is 10.3. The molecule has 0 bridgehead atoms. The van der Waals surface area contributed by atoms with Gasteiger partial charge in [0.25, 0.3) is 5.91 Å². The van der Waals surface area contributed by atoms with Gasteiger partial charge in [-0.1, -0.05) is 12.1 Å². The lowest BCUT2D eigenvalue weighted by molar-refractivity contribution is 0.0398. The minimum Gasteiger partial charge on any atom is -0.501 e. The second-order valence-corrected chi connectivity index (χ2v) is 7.45. The molecule has 0 unspecified atom stereocenters. The molecule has 0 radical (unpaired) electrons. The molecule has 1 saturated heterocycles. The lowest BCUT2D eigenvalue weighted by Gasteiger charge is -2.26. The third-order valence-electron chi connectivity index (χ3n) is 5.24. The smallest absolute Gasteiger partial charge is 0.300 e. The molecule has 1 aliphatic rings. The van der Waals surface area contributed by atoms with Crippen LogP contribution in [0, 0.1) is 5.82 Å². The number of morpholine rings is 1. The van der Waals surface area contributed by atoms with Gasteiger partial charge in [0.1, 0.15) is 11.5 Å². The number of benzene rings is 1. The van der Waals surface area contributed by atoms with Crippen molar-refractivity contribution in [2.24, 2.45) is 0 Å². The van der Waals surface area contributed by atoms with Crippen molar-refractivity contribution in [2.75, 3.05) is 44.7 Å². The van der Waals surface area contributed by atoms with E-state index in [-0.39, 0.29) is 23.7 Å². The first kappa shape index (κ1) is 21.7. The molecule has 1 aliphatic heterocycles. The second-order valence-electron chi connectivity index (χ2n) is 7.45. The molecule has 32 heavy (non-hydrogen) atoms. The van der Waals surface area contributed by atoms with Crippen LogP contribution in [0.5, 0.6) is 5.75 Å². The number of nitrogens with one attached hydrogen (secondary N) is 2. The number of carbonyl (C=O) groups excluding carboxylic acids is 1. The van der Waals surface area contributed by atoms with Crippen LogP contribution in [0.3, 0.4) is 0 Å². The highest BCUT2D eigenvalue weighted by molar-refractivity contribution is 5.95. The molecule has 0 saturated carbocycles. The topological polar surface area (TPSA) is 108 Å². The van der Waals surface area contributed by atoms with Crippen molar-refractivity contribution in [2.45, 2.75) is 6.54 Å². The summed E-state index contributed by atoms with van der Waals surface area (Å²) >= 11 is 0. The zero-order chi connectivity index (χ0) is 22.5. The van der Waals surface area contributed by atoms with Gasteiger partial charge in [0, 0.05) is 38.9 Å². The number of fused-ring (bicyclic) bond motifs is 1. The molecule has 1 fully saturated rings. The van der Waals surface area contributed by atoms with E-state index in [0.717, 1.165) is 32.8 Å². The molecule has 0 atom stereocenters. The van der Waals surface area contributed by atoms with E-state index < -0.39 is 17.2 Å². The average molecular weight is 441 g/mol. The van der Waals surface area contributed by atoms with Crippen LogP contribution >= 0.6 is 0 Å². The number of aromatic hydroxyl groups is 1. The quantitative estimate of drug-likeness (QED) is 0.506. The SMILES string of the molecule is O=C(NCc1ccc(F)cc1)c1nc2ccc(NCCN3CCOCC3)cn2c(=O)c1O. The summed E-state index contributed by atoms with van der Waals surface area (Å²) in [5, 5.41) is 16.1. The van der Waals surface area contributed by atoms with Crippen molar-refractivity contribution in [1.82, 2.24) is 19.6 Å². The van der Waals surface area contributed by atoms with Gasteiger partial charge in [-0.3, -0.25) is 18.9 Å². The fourth-order valence-electron chi connectivity index (χ4n) is 3.44. The molecule has 168 valence electrons. The molecular formula is C22H24FN5O4. The van der Waals surface area contributed by atoms with Crippen molar-refractivity contribution in [3.63, 3.8) is 0 Å². The molecule has 3 aromatic rings. The highest BCUT2D eigenvalue weighted by atomic mass is 19.1. The molecule has 4 rings (SSSR count). The van der Waals surface area contributed by atoms with Gasteiger partial charge >= 0.3 is 5.56 Å². The van der Waals surface area contributed by atoms with Gasteiger partial charge in [0.2, 0.25) is 5.75 Å². The number of hydrogen-bond acceptors (Lipinski definition) is 7. The minimum atomic E-state index is -0.737. The maximum Gasteiger partial charge on any atom is 0.300 e. The Bertz CT molecular complexity index is 1160. The number of nitrogens with zero attached hydrogens (tertiary/aromatic N) is 3. The van der Waals surface area contributed by atoms with Crippen molar-refractivity contribution >= 4 is 17.2 Å². The fraction of sp³-hybridized carbons (Fsp3) is 0.318. The molecule has 10 heteroatoms. The normalized spacial score (nSPS) is 14.4. The van der Waals surface area contributed by atoms with Gasteiger partial charge < -0.3 is 20.5 Å². The van der Waals surface area contributed by atoms with E-state index in [9.17, 15) is 19.1 Å². The van der Waals surface area contributed by atoms with Crippen molar-refractivity contribution in [1.29, 1.82) is 0 Å². The number of amides is 1. The summed E-state index contributed by atoms with van der Waals surface area (Å²) in [6.45, 7) is 4.87. The number of pyridine rings is 1. The number of halogens is 1. The zero-order valence-electron chi connectivity index (χ0n) is 17.4. The number of ether oxygens (including phenoxy) is 1. The van der Waals surface area contributed by atoms with Crippen LogP contribution in [0.2, 0.25) is 0 Å². The number of carbonyl (C=O) groups is 1. The molecular weight excluding hydrogens is 417 g/mol. The number of anilines is 1. The van der Waals surface area contributed by atoms with E-state index >= 15 is 0 Å². The summed E-state index contributed by atoms with van der Waals surface area (Å²) in [6.07, 6.45) is 1.55. The molecule has 3 N–H and O–H groups in total. The maximum absolute atomic E-state index is 13.0. The molecule has 1 amide bonds. The van der Waals surface area contributed by atoms with Crippen molar-refractivity contribution in [3.8, 4) is 5.75 Å². The Balaban J connectivity index is 1.44. The number of hydrogen-bond donors (Lipinski definition) is 3. The van der Waals surface area contributed by atoms with Crippen LogP contribution in [-0.2, 0) is 11.3 Å². The van der Waals surface area contributed by atoms with Gasteiger partial charge in [0.15, 0.2) is 5.69 Å². The lowest BCUT2D eigenvalue weighted by Crippen LogP contribution is -2.39. The third kappa shape index (κ3) is 5.04. The molecule has 0 aliphatic carbocycles. The molecule has 0 spiro atoms. The Morgan fingerprint density at radius 3 is 2.66 bits per heavy atom. The summed E-state index contributed by atoms with van der Waals surface area (Å²) in [6, 6.07) is 9.00. The largest absolute Gasteiger partial charge is 0.501 e. The van der Waals surface area contributed by atoms with E-state index in [1.807, 2.05) is 0 Å². The maximum atomic E-state index is 13.0. The van der Waals surface area contributed by atoms with Crippen LogP contribution in [0.15, 0.2) is 47.4 Å². The van der Waals surface area contributed by atoms with E-state index in [4.69, 9.17) is 4.74 Å². The Hall–Kier alpha value is -3.50. The van der Waals surface area contributed by atoms with Gasteiger partial charge in [-0.25, -0.2) is 9.37 Å². The van der Waals surface area contributed by atoms with E-state index in [1.54, 1.807) is 18.3 Å². The van der Waals surface area contributed by atoms with Crippen LogP contribution in [0.1, 0.15) is 16.1 Å². The van der Waals surface area contributed by atoms with Crippen LogP contribution < -0.4 is 16.2 Å². The number of aromatic nitrogens is 2. The zero-order valence-corrected chi connectivity index (χ0v) is 17.4. The summed E-state index contributed by atoms with van der Waals surface area (Å²) < 4.78 is 19.5. The first-order valence-electron chi connectivity index (χ1n) is 10.3. The fourth-order valence-corrected chi connectivity index (χ4v) is 3.44. The van der Waals surface area contributed by atoms with Crippen LogP contribution in [0.4, 0.5) is 10.1 Å². The van der Waals surface area contributed by atoms with Crippen molar-refractivity contribution < 1.29 is 19.0 Å². The van der Waals surface area contributed by atoms with Gasteiger partial charge in [-0.15, -0.1) is 0 Å². The highest BCUT2D eigenvalue weighted by Crippen LogP contribution is 2.14. The van der Waals surface area contributed by atoms with Crippen LogP contribution in [-0.4, -0.2) is 64.7 Å². The summed E-state index contributed by atoms with van der Waals surface area (Å²) in [7, 11) is 0. The summed E-state index contributed by atoms with van der Waals surface area (Å²) in [5.41, 5.74) is 0.509. The molecule has 9 nitrogen and oxygen atoms in total. The number of rotatable bonds is 7. The Morgan fingerprint density at radius 1 is 1.16 bits per heavy atom. The minimum absolute atomic E-state index is 0.103. The highest BCUT2D eigenvalue weighted by Gasteiger charge is 2.19. The second kappa shape index (κ2) is 9.75. The monoisotopic (exact) mass is 441 g/mol. The van der Waals surface area contributed by atoms with Gasteiger partial charge in [0.05, 0.1) is 18.9 Å². The van der Waals surface area contributed by atoms with Gasteiger partial charge in [-0.05, 0) is 29.8 Å². The third-order valence-corrected chi connectivity index (χ3v) is 5.24. The van der Waals surface area contributed by atoms with E-state index in [2.05, 4.69) is 20.5 Å². The Labute approximate surface area is 183 Å². The Kier molecular flexibility index (Phi) is 6.62. The molecule has 1 aromatic carbocycles. The molecule has 2 aromatic heterocycles. The lowest BCUT2D eigenvalue weighted by atomic mass is 10.2. The van der Waals surface area contributed by atoms with Crippen molar-refractivity contribution in [3.05, 3.63) is 70.0 Å². The van der Waals surface area contributed by atoms with Gasteiger partial charge in [-0.2, -0.15) is 0 Å². The predicted octanol–water partition coefficient (Wildman–Crippen LogP) is 1.21. The van der Waals surface area contributed by atoms with E-state index in [0.29, 0.717) is 17.8 Å². The molecule has 3 heterocycles. The summed E-state index contributed by atoms with van der Waals surface area (Å²) in [5.74, 6) is -1.80. The van der Waals surface area contributed by atoms with E-state index in [1.165, 1.54) is 28.7 Å². The first-order chi connectivity index (χ1) is 15.5. The Morgan fingerprint density at radius 2 is 1.91 bits per heavy atom. The average Bonchev–Trinajstić information content (AvgIpc) is 2.82. The van der Waals surface area contributed by atoms with Crippen LogP contribution in [0.25, 0.3) is 5.65 Å². The summed E-state index contributed by atoms with van der Waals surface area (Å²) in [4.78, 5) is 31.6. The predicted molar refractivity (Wildman–Crippen MR) is 116 cm³/mol.